The van der Waals surface area contributed by atoms with Crippen molar-refractivity contribution >= 4 is 35.1 Å². The molecule has 0 fully saturated rings. The molecule has 2 rings (SSSR count). The van der Waals surface area contributed by atoms with Crippen LogP contribution in [-0.2, 0) is 14.3 Å². The van der Waals surface area contributed by atoms with Crippen molar-refractivity contribution in [2.24, 2.45) is 0 Å². The number of methoxy groups -OCH3 is 2. The summed E-state index contributed by atoms with van der Waals surface area (Å²) in [7, 11) is 2.43. The largest absolute Gasteiger partial charge is 0.479 e. The Morgan fingerprint density at radius 1 is 0.963 bits per heavy atom. The molecule has 8 heteroatoms. The van der Waals surface area contributed by atoms with Gasteiger partial charge in [-0.15, -0.1) is 0 Å². The number of hydrogen-bond acceptors (Lipinski definition) is 6. The number of amides is 1. The molecular formula is C19H18ClNO6. The topological polar surface area (TPSA) is 90.9 Å². The maximum absolute atomic E-state index is 12.4. The summed E-state index contributed by atoms with van der Waals surface area (Å²) in [6.45, 7) is 1.55. The van der Waals surface area contributed by atoms with Crippen LogP contribution < -0.4 is 10.1 Å². The lowest BCUT2D eigenvalue weighted by molar-refractivity contribution is -0.122. The van der Waals surface area contributed by atoms with E-state index in [2.05, 4.69) is 14.8 Å². The summed E-state index contributed by atoms with van der Waals surface area (Å²) in [5, 5.41) is 2.97. The van der Waals surface area contributed by atoms with Crippen molar-refractivity contribution in [1.29, 1.82) is 0 Å². The Morgan fingerprint density at radius 3 is 2.04 bits per heavy atom. The van der Waals surface area contributed by atoms with Crippen LogP contribution in [0.3, 0.4) is 0 Å². The van der Waals surface area contributed by atoms with Crippen LogP contribution >= 0.6 is 11.6 Å². The normalized spacial score (nSPS) is 11.3. The number of carbonyl (C=O) groups excluding carboxylic acids is 3. The number of halogens is 1. The Balaban J connectivity index is 2.21. The lowest BCUT2D eigenvalue weighted by Crippen LogP contribution is -2.30. The lowest BCUT2D eigenvalue weighted by atomic mass is 10.1. The highest BCUT2D eigenvalue weighted by molar-refractivity contribution is 6.32. The highest BCUT2D eigenvalue weighted by Gasteiger charge is 2.19. The number of nitrogens with one attached hydrogen (secondary N) is 1. The van der Waals surface area contributed by atoms with Crippen molar-refractivity contribution < 1.29 is 28.6 Å². The Kier molecular flexibility index (Phi) is 6.79. The van der Waals surface area contributed by atoms with Crippen molar-refractivity contribution in [2.75, 3.05) is 19.5 Å². The molecular weight excluding hydrogens is 374 g/mol. The van der Waals surface area contributed by atoms with Crippen LogP contribution in [0.1, 0.15) is 27.6 Å². The molecule has 0 aromatic heterocycles. The third-order valence-corrected chi connectivity index (χ3v) is 3.86. The summed E-state index contributed by atoms with van der Waals surface area (Å²) >= 11 is 6.02. The average molecular weight is 392 g/mol. The zero-order valence-corrected chi connectivity index (χ0v) is 15.7. The summed E-state index contributed by atoms with van der Waals surface area (Å²) in [4.78, 5) is 36.0. The molecule has 1 atom stereocenters. The number of rotatable bonds is 6. The van der Waals surface area contributed by atoms with Gasteiger partial charge in [-0.3, -0.25) is 4.79 Å². The molecule has 0 radical (unpaired) electrons. The van der Waals surface area contributed by atoms with Crippen molar-refractivity contribution in [3.05, 3.63) is 58.6 Å². The minimum absolute atomic E-state index is 0.0929. The molecule has 142 valence electrons. The summed E-state index contributed by atoms with van der Waals surface area (Å²) in [5.74, 6) is -1.44. The van der Waals surface area contributed by atoms with Gasteiger partial charge in [0.05, 0.1) is 30.4 Å². The van der Waals surface area contributed by atoms with E-state index in [0.717, 1.165) is 0 Å². The second kappa shape index (κ2) is 9.05. The molecule has 27 heavy (non-hydrogen) atoms. The standard InChI is InChI=1S/C19H18ClNO6/c1-11(27-16-7-5-4-6-15(16)20)17(22)21-14-9-12(18(23)25-2)8-13(10-14)19(24)26-3/h4-11H,1-3H3,(H,21,22)/t11-/m1/s1. The molecule has 2 aromatic rings. The Hall–Kier alpha value is -3.06. The summed E-state index contributed by atoms with van der Waals surface area (Å²) in [6, 6.07) is 10.8. The van der Waals surface area contributed by atoms with Crippen LogP contribution in [0.25, 0.3) is 0 Å². The highest BCUT2D eigenvalue weighted by atomic mass is 35.5. The molecule has 0 unspecified atom stereocenters. The number of para-hydroxylation sites is 1. The third-order valence-electron chi connectivity index (χ3n) is 3.55. The van der Waals surface area contributed by atoms with Gasteiger partial charge >= 0.3 is 11.9 Å². The molecule has 1 amide bonds. The molecule has 0 spiro atoms. The first kappa shape index (κ1) is 20.3. The predicted molar refractivity (Wildman–Crippen MR) is 99.3 cm³/mol. The van der Waals surface area contributed by atoms with Gasteiger partial charge in [0.25, 0.3) is 5.91 Å². The van der Waals surface area contributed by atoms with E-state index < -0.39 is 23.9 Å². The fourth-order valence-electron chi connectivity index (χ4n) is 2.20. The summed E-state index contributed by atoms with van der Waals surface area (Å²) in [5.41, 5.74) is 0.406. The molecule has 7 nitrogen and oxygen atoms in total. The van der Waals surface area contributed by atoms with Gasteiger partial charge < -0.3 is 19.5 Å². The van der Waals surface area contributed by atoms with E-state index in [1.54, 1.807) is 31.2 Å². The van der Waals surface area contributed by atoms with Crippen molar-refractivity contribution in [3.8, 4) is 5.75 Å². The number of carbonyl (C=O) groups is 3. The maximum Gasteiger partial charge on any atom is 0.337 e. The van der Waals surface area contributed by atoms with E-state index >= 15 is 0 Å². The molecule has 0 aliphatic carbocycles. The molecule has 0 bridgehead atoms. The summed E-state index contributed by atoms with van der Waals surface area (Å²) < 4.78 is 14.9. The SMILES string of the molecule is COC(=O)c1cc(NC(=O)[C@@H](C)Oc2ccccc2Cl)cc(C(=O)OC)c1. The number of benzene rings is 2. The van der Waals surface area contributed by atoms with E-state index in [4.69, 9.17) is 16.3 Å². The fraction of sp³-hybridized carbons (Fsp3) is 0.211. The van der Waals surface area contributed by atoms with Crippen LogP contribution in [0.5, 0.6) is 5.75 Å². The number of hydrogen-bond donors (Lipinski definition) is 1. The first-order valence-electron chi connectivity index (χ1n) is 7.89. The average Bonchev–Trinajstić information content (AvgIpc) is 2.67. The lowest BCUT2D eigenvalue weighted by Gasteiger charge is -2.16. The Bertz CT molecular complexity index is 833. The van der Waals surface area contributed by atoms with Crippen molar-refractivity contribution in [2.45, 2.75) is 13.0 Å². The highest BCUT2D eigenvalue weighted by Crippen LogP contribution is 2.24. The Morgan fingerprint density at radius 2 is 1.52 bits per heavy atom. The molecule has 0 saturated carbocycles. The third kappa shape index (κ3) is 5.21. The summed E-state index contributed by atoms with van der Waals surface area (Å²) in [6.07, 6.45) is -0.881. The van der Waals surface area contributed by atoms with Gasteiger partial charge in [0.15, 0.2) is 6.10 Å². The molecule has 2 aromatic carbocycles. The van der Waals surface area contributed by atoms with Crippen LogP contribution in [0.2, 0.25) is 5.02 Å². The van der Waals surface area contributed by atoms with E-state index in [-0.39, 0.29) is 16.8 Å². The molecule has 0 heterocycles. The monoisotopic (exact) mass is 391 g/mol. The maximum atomic E-state index is 12.4. The minimum Gasteiger partial charge on any atom is -0.479 e. The van der Waals surface area contributed by atoms with Gasteiger partial charge in [-0.05, 0) is 37.3 Å². The molecule has 0 saturated heterocycles. The second-order valence-corrected chi connectivity index (χ2v) is 5.87. The Labute approximate surface area is 161 Å². The molecule has 0 aliphatic heterocycles. The number of anilines is 1. The number of esters is 2. The van der Waals surface area contributed by atoms with Crippen LogP contribution in [0.15, 0.2) is 42.5 Å². The van der Waals surface area contributed by atoms with Gasteiger partial charge in [0.2, 0.25) is 0 Å². The predicted octanol–water partition coefficient (Wildman–Crippen LogP) is 3.32. The smallest absolute Gasteiger partial charge is 0.337 e. The molecule has 1 N–H and O–H groups in total. The second-order valence-electron chi connectivity index (χ2n) is 5.46. The van der Waals surface area contributed by atoms with Gasteiger partial charge in [-0.25, -0.2) is 9.59 Å². The first-order chi connectivity index (χ1) is 12.8. The van der Waals surface area contributed by atoms with Gasteiger partial charge in [0.1, 0.15) is 5.75 Å². The van der Waals surface area contributed by atoms with Gasteiger partial charge in [0, 0.05) is 5.69 Å². The van der Waals surface area contributed by atoms with E-state index in [1.165, 1.54) is 32.4 Å². The van der Waals surface area contributed by atoms with E-state index in [9.17, 15) is 14.4 Å². The van der Waals surface area contributed by atoms with Gasteiger partial charge in [-0.2, -0.15) is 0 Å². The fourth-order valence-corrected chi connectivity index (χ4v) is 2.38. The molecule has 0 aliphatic rings. The van der Waals surface area contributed by atoms with Crippen LogP contribution in [0.4, 0.5) is 5.69 Å². The van der Waals surface area contributed by atoms with Crippen molar-refractivity contribution in [3.63, 3.8) is 0 Å². The minimum atomic E-state index is -0.881. The van der Waals surface area contributed by atoms with Crippen LogP contribution in [-0.4, -0.2) is 38.2 Å². The first-order valence-corrected chi connectivity index (χ1v) is 8.27. The van der Waals surface area contributed by atoms with Gasteiger partial charge in [-0.1, -0.05) is 23.7 Å². The van der Waals surface area contributed by atoms with E-state index in [0.29, 0.717) is 10.8 Å². The van der Waals surface area contributed by atoms with Crippen molar-refractivity contribution in [1.82, 2.24) is 0 Å². The van der Waals surface area contributed by atoms with E-state index in [1.807, 2.05) is 0 Å². The zero-order valence-electron chi connectivity index (χ0n) is 14.9. The zero-order chi connectivity index (χ0) is 20.0. The van der Waals surface area contributed by atoms with Crippen LogP contribution in [0, 0.1) is 0 Å². The number of ether oxygens (including phenoxy) is 3. The quantitative estimate of drug-likeness (QED) is 0.759.